The van der Waals surface area contributed by atoms with Gasteiger partial charge in [0.25, 0.3) is 0 Å². The van der Waals surface area contributed by atoms with Crippen LogP contribution in [0.2, 0.25) is 0 Å². The summed E-state index contributed by atoms with van der Waals surface area (Å²) in [4.78, 5) is 14.7. The highest BCUT2D eigenvalue weighted by atomic mass is 16.5. The Morgan fingerprint density at radius 1 is 1.46 bits per heavy atom. The third-order valence-corrected chi connectivity index (χ3v) is 5.10. The normalized spacial score (nSPS) is 23.5. The molecule has 1 fully saturated rings. The number of fused-ring (bicyclic) bond motifs is 1. The Balaban J connectivity index is 1.46. The molecule has 146 valence electrons. The fourth-order valence-corrected chi connectivity index (χ4v) is 3.56. The van der Waals surface area contributed by atoms with Gasteiger partial charge in [-0.3, -0.25) is 9.58 Å². The number of carbonyl (C=O) groups is 1. The molecule has 2 atom stereocenters. The number of methoxy groups -OCH3 is 1. The third-order valence-electron chi connectivity index (χ3n) is 5.10. The highest BCUT2D eigenvalue weighted by molar-refractivity contribution is 5.74. The Labute approximate surface area is 155 Å². The quantitative estimate of drug-likeness (QED) is 0.756. The van der Waals surface area contributed by atoms with Gasteiger partial charge in [-0.05, 0) is 25.5 Å². The van der Waals surface area contributed by atoms with Gasteiger partial charge < -0.3 is 20.1 Å². The monoisotopic (exact) mass is 365 g/mol. The zero-order valence-electron chi connectivity index (χ0n) is 15.9. The summed E-state index contributed by atoms with van der Waals surface area (Å²) in [6.45, 7) is 7.84. The molecule has 8 nitrogen and oxygen atoms in total. The van der Waals surface area contributed by atoms with Crippen LogP contribution < -0.4 is 10.6 Å². The molecule has 2 aliphatic heterocycles. The van der Waals surface area contributed by atoms with Crippen molar-refractivity contribution in [1.82, 2.24) is 25.3 Å². The SMILES string of the molecule is CCCCN1CCn2nc(CNC(=O)N[C@@H]3COCC[C@H]3OC)cc2C1. The van der Waals surface area contributed by atoms with Gasteiger partial charge in [0, 0.05) is 26.8 Å². The lowest BCUT2D eigenvalue weighted by molar-refractivity contribution is -0.0334. The van der Waals surface area contributed by atoms with Crippen LogP contribution in [0.3, 0.4) is 0 Å². The largest absolute Gasteiger partial charge is 0.379 e. The zero-order valence-corrected chi connectivity index (χ0v) is 15.9. The molecule has 1 saturated heterocycles. The van der Waals surface area contributed by atoms with Crippen molar-refractivity contribution in [2.75, 3.05) is 33.4 Å². The number of amides is 2. The van der Waals surface area contributed by atoms with Crippen LogP contribution in [-0.4, -0.2) is 66.3 Å². The maximum absolute atomic E-state index is 12.2. The number of carbonyl (C=O) groups excluding carboxylic acids is 1. The zero-order chi connectivity index (χ0) is 18.4. The lowest BCUT2D eigenvalue weighted by atomic mass is 10.1. The first-order chi connectivity index (χ1) is 12.7. The average molecular weight is 365 g/mol. The van der Waals surface area contributed by atoms with E-state index in [1.807, 2.05) is 0 Å². The van der Waals surface area contributed by atoms with E-state index in [1.165, 1.54) is 18.5 Å². The molecule has 2 amide bonds. The van der Waals surface area contributed by atoms with Crippen molar-refractivity contribution in [2.45, 2.75) is 58.0 Å². The van der Waals surface area contributed by atoms with Crippen molar-refractivity contribution >= 4 is 6.03 Å². The van der Waals surface area contributed by atoms with Crippen molar-refractivity contribution in [2.24, 2.45) is 0 Å². The van der Waals surface area contributed by atoms with Crippen LogP contribution in [0.15, 0.2) is 6.07 Å². The number of hydrogen-bond acceptors (Lipinski definition) is 5. The minimum Gasteiger partial charge on any atom is -0.379 e. The van der Waals surface area contributed by atoms with Gasteiger partial charge in [-0.2, -0.15) is 5.10 Å². The summed E-state index contributed by atoms with van der Waals surface area (Å²) >= 11 is 0. The summed E-state index contributed by atoms with van der Waals surface area (Å²) in [5.74, 6) is 0. The summed E-state index contributed by atoms with van der Waals surface area (Å²) in [6, 6.07) is 1.77. The lowest BCUT2D eigenvalue weighted by Crippen LogP contribution is -2.52. The second kappa shape index (κ2) is 9.34. The van der Waals surface area contributed by atoms with Crippen LogP contribution >= 0.6 is 0 Å². The van der Waals surface area contributed by atoms with Crippen LogP contribution in [0, 0.1) is 0 Å². The van der Waals surface area contributed by atoms with E-state index in [4.69, 9.17) is 9.47 Å². The second-order valence-corrected chi connectivity index (χ2v) is 7.05. The maximum Gasteiger partial charge on any atom is 0.315 e. The van der Waals surface area contributed by atoms with Gasteiger partial charge in [-0.25, -0.2) is 4.79 Å². The fraction of sp³-hybridized carbons (Fsp3) is 0.778. The van der Waals surface area contributed by atoms with Crippen molar-refractivity contribution in [3.8, 4) is 0 Å². The Morgan fingerprint density at radius 2 is 2.35 bits per heavy atom. The predicted molar refractivity (Wildman–Crippen MR) is 97.8 cm³/mol. The first-order valence-corrected chi connectivity index (χ1v) is 9.62. The van der Waals surface area contributed by atoms with Crippen molar-refractivity contribution in [3.05, 3.63) is 17.5 Å². The molecule has 8 heteroatoms. The van der Waals surface area contributed by atoms with Crippen LogP contribution in [0.5, 0.6) is 0 Å². The van der Waals surface area contributed by atoms with Crippen LogP contribution in [0.4, 0.5) is 4.79 Å². The minimum atomic E-state index is -0.210. The number of hydrogen-bond donors (Lipinski definition) is 2. The molecule has 2 N–H and O–H groups in total. The number of nitrogens with one attached hydrogen (secondary N) is 2. The van der Waals surface area contributed by atoms with Gasteiger partial charge in [0.05, 0.1) is 43.2 Å². The van der Waals surface area contributed by atoms with Gasteiger partial charge in [-0.1, -0.05) is 13.3 Å². The molecule has 3 heterocycles. The van der Waals surface area contributed by atoms with Gasteiger partial charge in [0.15, 0.2) is 0 Å². The molecule has 0 saturated carbocycles. The molecule has 0 bridgehead atoms. The first-order valence-electron chi connectivity index (χ1n) is 9.62. The molecule has 0 unspecified atom stereocenters. The first kappa shape index (κ1) is 19.1. The molecule has 2 aliphatic rings. The van der Waals surface area contributed by atoms with Gasteiger partial charge in [0.2, 0.25) is 0 Å². The topological polar surface area (TPSA) is 80.7 Å². The molecule has 1 aromatic heterocycles. The molecule has 0 aromatic carbocycles. The second-order valence-electron chi connectivity index (χ2n) is 7.05. The smallest absolute Gasteiger partial charge is 0.315 e. The highest BCUT2D eigenvalue weighted by Crippen LogP contribution is 2.14. The fourth-order valence-electron chi connectivity index (χ4n) is 3.56. The summed E-state index contributed by atoms with van der Waals surface area (Å²) in [7, 11) is 1.67. The molecule has 1 aromatic rings. The van der Waals surface area contributed by atoms with E-state index in [0.717, 1.165) is 38.3 Å². The average Bonchev–Trinajstić information content (AvgIpc) is 3.07. The molecule has 26 heavy (non-hydrogen) atoms. The third kappa shape index (κ3) is 4.96. The predicted octanol–water partition coefficient (Wildman–Crippen LogP) is 1.10. The Bertz CT molecular complexity index is 591. The van der Waals surface area contributed by atoms with Crippen molar-refractivity contribution in [1.29, 1.82) is 0 Å². The molecule has 0 aliphatic carbocycles. The van der Waals surface area contributed by atoms with Crippen LogP contribution in [0.1, 0.15) is 37.6 Å². The molecule has 3 rings (SSSR count). The molecular weight excluding hydrogens is 334 g/mol. The van der Waals surface area contributed by atoms with E-state index in [-0.39, 0.29) is 18.2 Å². The molecule has 0 spiro atoms. The van der Waals surface area contributed by atoms with E-state index in [1.54, 1.807) is 7.11 Å². The Morgan fingerprint density at radius 3 is 3.15 bits per heavy atom. The number of unbranched alkanes of at least 4 members (excludes halogenated alkanes) is 1. The van der Waals surface area contributed by atoms with E-state index < -0.39 is 0 Å². The van der Waals surface area contributed by atoms with Crippen LogP contribution in [0.25, 0.3) is 0 Å². The number of nitrogens with zero attached hydrogens (tertiary/aromatic N) is 3. The number of urea groups is 1. The Hall–Kier alpha value is -1.64. The minimum absolute atomic E-state index is 0.00326. The van der Waals surface area contributed by atoms with Crippen LogP contribution in [-0.2, 0) is 29.1 Å². The van der Waals surface area contributed by atoms with Crippen molar-refractivity contribution < 1.29 is 14.3 Å². The Kier molecular flexibility index (Phi) is 6.87. The maximum atomic E-state index is 12.2. The van der Waals surface area contributed by atoms with E-state index in [2.05, 4.69) is 38.3 Å². The van der Waals surface area contributed by atoms with Gasteiger partial charge in [0.1, 0.15) is 0 Å². The standard InChI is InChI=1S/C18H31N5O3/c1-3-4-6-22-7-8-23-15(12-22)10-14(21-23)11-19-18(24)20-16-13-26-9-5-17(16)25-2/h10,16-17H,3-9,11-13H2,1-2H3,(H2,19,20,24)/t16-,17-/m1/s1. The summed E-state index contributed by atoms with van der Waals surface area (Å²) in [6.07, 6.45) is 3.25. The lowest BCUT2D eigenvalue weighted by Gasteiger charge is -2.30. The highest BCUT2D eigenvalue weighted by Gasteiger charge is 2.27. The van der Waals surface area contributed by atoms with Gasteiger partial charge in [-0.15, -0.1) is 0 Å². The summed E-state index contributed by atoms with van der Waals surface area (Å²) in [5, 5.41) is 10.4. The van der Waals surface area contributed by atoms with Gasteiger partial charge >= 0.3 is 6.03 Å². The number of ether oxygens (including phenoxy) is 2. The van der Waals surface area contributed by atoms with E-state index in [9.17, 15) is 4.79 Å². The number of aromatic nitrogens is 2. The van der Waals surface area contributed by atoms with Crippen molar-refractivity contribution in [3.63, 3.8) is 0 Å². The summed E-state index contributed by atoms with van der Waals surface area (Å²) in [5.41, 5.74) is 2.13. The van der Waals surface area contributed by atoms with E-state index in [0.29, 0.717) is 19.8 Å². The van der Waals surface area contributed by atoms with E-state index >= 15 is 0 Å². The molecule has 0 radical (unpaired) electrons. The number of rotatable bonds is 7. The molecular formula is C18H31N5O3. The summed E-state index contributed by atoms with van der Waals surface area (Å²) < 4.78 is 12.9.